The summed E-state index contributed by atoms with van der Waals surface area (Å²) in [6.45, 7) is 0. The number of hydrogen-bond acceptors (Lipinski definition) is 1. The Kier molecular flexibility index (Phi) is 3.40. The van der Waals surface area contributed by atoms with Crippen LogP contribution in [0.15, 0.2) is 28.7 Å². The van der Waals surface area contributed by atoms with E-state index >= 15 is 0 Å². The number of alkyl halides is 3. The van der Waals surface area contributed by atoms with E-state index in [1.165, 1.54) is 0 Å². The Labute approximate surface area is 111 Å². The Morgan fingerprint density at radius 3 is 2.28 bits per heavy atom. The van der Waals surface area contributed by atoms with Crippen molar-refractivity contribution in [1.82, 2.24) is 5.32 Å². The summed E-state index contributed by atoms with van der Waals surface area (Å²) >= 11 is 3.29. The molecule has 18 heavy (non-hydrogen) atoms. The highest BCUT2D eigenvalue weighted by atomic mass is 79.9. The van der Waals surface area contributed by atoms with Gasteiger partial charge in [0.05, 0.1) is 5.54 Å². The van der Waals surface area contributed by atoms with Crippen molar-refractivity contribution >= 4 is 21.8 Å². The first kappa shape index (κ1) is 13.4. The van der Waals surface area contributed by atoms with Crippen molar-refractivity contribution in [3.8, 4) is 0 Å². The highest BCUT2D eigenvalue weighted by molar-refractivity contribution is 9.10. The molecule has 0 atom stereocenters. The fourth-order valence-electron chi connectivity index (χ4n) is 1.87. The average molecular weight is 322 g/mol. The summed E-state index contributed by atoms with van der Waals surface area (Å²) in [7, 11) is 0. The molecule has 0 radical (unpaired) electrons. The molecule has 1 aliphatic carbocycles. The van der Waals surface area contributed by atoms with Gasteiger partial charge in [0.2, 0.25) is 5.91 Å². The van der Waals surface area contributed by atoms with Crippen LogP contribution >= 0.6 is 15.9 Å². The van der Waals surface area contributed by atoms with E-state index < -0.39 is 24.0 Å². The molecule has 1 N–H and O–H groups in total. The van der Waals surface area contributed by atoms with Crippen LogP contribution in [0.5, 0.6) is 0 Å². The van der Waals surface area contributed by atoms with Crippen molar-refractivity contribution in [3.63, 3.8) is 0 Å². The minimum Gasteiger partial charge on any atom is -0.346 e. The van der Waals surface area contributed by atoms with E-state index in [-0.39, 0.29) is 0 Å². The van der Waals surface area contributed by atoms with Crippen LogP contribution in [-0.2, 0) is 10.3 Å². The van der Waals surface area contributed by atoms with Crippen molar-refractivity contribution in [2.24, 2.45) is 0 Å². The maximum atomic E-state index is 12.1. The number of rotatable bonds is 3. The number of halogens is 4. The quantitative estimate of drug-likeness (QED) is 0.907. The Bertz CT molecular complexity index is 451. The van der Waals surface area contributed by atoms with Gasteiger partial charge >= 0.3 is 6.18 Å². The van der Waals surface area contributed by atoms with E-state index in [1.807, 2.05) is 24.3 Å². The van der Waals surface area contributed by atoms with Gasteiger partial charge < -0.3 is 5.32 Å². The van der Waals surface area contributed by atoms with Gasteiger partial charge in [-0.15, -0.1) is 0 Å². The number of hydrogen-bond donors (Lipinski definition) is 1. The van der Waals surface area contributed by atoms with Gasteiger partial charge in [0.1, 0.15) is 6.42 Å². The number of amides is 1. The summed E-state index contributed by atoms with van der Waals surface area (Å²) in [4.78, 5) is 11.3. The van der Waals surface area contributed by atoms with Crippen molar-refractivity contribution < 1.29 is 18.0 Å². The van der Waals surface area contributed by atoms with E-state index in [0.29, 0.717) is 12.8 Å². The Balaban J connectivity index is 2.04. The van der Waals surface area contributed by atoms with Crippen LogP contribution in [0.4, 0.5) is 13.2 Å². The van der Waals surface area contributed by atoms with Crippen LogP contribution in [0.25, 0.3) is 0 Å². The third-order valence-electron chi connectivity index (χ3n) is 2.89. The fraction of sp³-hybridized carbons (Fsp3) is 0.417. The maximum Gasteiger partial charge on any atom is 0.397 e. The van der Waals surface area contributed by atoms with Crippen LogP contribution < -0.4 is 5.32 Å². The summed E-state index contributed by atoms with van der Waals surface area (Å²) in [6, 6.07) is 7.24. The second-order valence-electron chi connectivity index (χ2n) is 4.43. The molecule has 1 fully saturated rings. The number of benzene rings is 1. The molecule has 0 heterocycles. The van der Waals surface area contributed by atoms with Gasteiger partial charge in [0.25, 0.3) is 0 Å². The van der Waals surface area contributed by atoms with Crippen molar-refractivity contribution in [3.05, 3.63) is 34.3 Å². The highest BCUT2D eigenvalue weighted by Crippen LogP contribution is 2.45. The molecule has 1 saturated carbocycles. The van der Waals surface area contributed by atoms with Gasteiger partial charge in [-0.25, -0.2) is 0 Å². The van der Waals surface area contributed by atoms with Crippen molar-refractivity contribution in [2.75, 3.05) is 0 Å². The zero-order valence-corrected chi connectivity index (χ0v) is 10.9. The SMILES string of the molecule is O=C(CC(F)(F)F)NC1(c2ccc(Br)cc2)CC1. The first-order chi connectivity index (χ1) is 8.31. The van der Waals surface area contributed by atoms with Crippen LogP contribution in [0.1, 0.15) is 24.8 Å². The summed E-state index contributed by atoms with van der Waals surface area (Å²) in [5.41, 5.74) is 0.254. The summed E-state index contributed by atoms with van der Waals surface area (Å²) in [5.74, 6) is -0.970. The molecule has 0 bridgehead atoms. The first-order valence-electron chi connectivity index (χ1n) is 5.45. The lowest BCUT2D eigenvalue weighted by molar-refractivity contribution is -0.154. The monoisotopic (exact) mass is 321 g/mol. The molecule has 1 aliphatic rings. The number of carbonyl (C=O) groups excluding carboxylic acids is 1. The maximum absolute atomic E-state index is 12.1. The van der Waals surface area contributed by atoms with Gasteiger partial charge in [0.15, 0.2) is 0 Å². The Hall–Kier alpha value is -1.04. The molecule has 6 heteroatoms. The van der Waals surface area contributed by atoms with E-state index in [0.717, 1.165) is 10.0 Å². The normalized spacial score (nSPS) is 17.3. The van der Waals surface area contributed by atoms with Crippen LogP contribution in [0.3, 0.4) is 0 Å². The zero-order chi connectivity index (χ0) is 13.4. The van der Waals surface area contributed by atoms with Crippen molar-refractivity contribution in [2.45, 2.75) is 31.0 Å². The van der Waals surface area contributed by atoms with Gasteiger partial charge in [-0.3, -0.25) is 4.79 Å². The molecule has 1 aromatic rings. The lowest BCUT2D eigenvalue weighted by Crippen LogP contribution is -2.37. The van der Waals surface area contributed by atoms with E-state index in [1.54, 1.807) is 0 Å². The largest absolute Gasteiger partial charge is 0.397 e. The Morgan fingerprint density at radius 2 is 1.83 bits per heavy atom. The molecule has 0 saturated heterocycles. The van der Waals surface area contributed by atoms with Crippen LogP contribution in [-0.4, -0.2) is 12.1 Å². The smallest absolute Gasteiger partial charge is 0.346 e. The lowest BCUT2D eigenvalue weighted by atomic mass is 10.0. The molecule has 0 unspecified atom stereocenters. The third kappa shape index (κ3) is 3.25. The fourth-order valence-corrected chi connectivity index (χ4v) is 2.14. The molecule has 1 amide bonds. The number of carbonyl (C=O) groups is 1. The molecule has 98 valence electrons. The number of nitrogens with one attached hydrogen (secondary N) is 1. The van der Waals surface area contributed by atoms with Gasteiger partial charge in [-0.2, -0.15) is 13.2 Å². The average Bonchev–Trinajstić information content (AvgIpc) is 2.96. The van der Waals surface area contributed by atoms with Gasteiger partial charge in [0, 0.05) is 4.47 Å². The second kappa shape index (κ2) is 4.57. The topological polar surface area (TPSA) is 29.1 Å². The molecule has 0 aliphatic heterocycles. The predicted octanol–water partition coefficient (Wildman–Crippen LogP) is 3.51. The Morgan fingerprint density at radius 1 is 1.28 bits per heavy atom. The second-order valence-corrected chi connectivity index (χ2v) is 5.34. The minimum atomic E-state index is -4.46. The summed E-state index contributed by atoms with van der Waals surface area (Å²) in [5, 5.41) is 2.49. The van der Waals surface area contributed by atoms with Gasteiger partial charge in [-0.1, -0.05) is 28.1 Å². The molecular weight excluding hydrogens is 311 g/mol. The standard InChI is InChI=1S/C12H11BrF3NO/c13-9-3-1-8(2-4-9)11(5-6-11)17-10(18)7-12(14,15)16/h1-4H,5-7H2,(H,17,18). The van der Waals surface area contributed by atoms with E-state index in [9.17, 15) is 18.0 Å². The van der Waals surface area contributed by atoms with Gasteiger partial charge in [-0.05, 0) is 30.5 Å². The minimum absolute atomic E-state index is 0.594. The third-order valence-corrected chi connectivity index (χ3v) is 3.42. The summed E-state index contributed by atoms with van der Waals surface area (Å²) in [6.07, 6.45) is -4.53. The summed E-state index contributed by atoms with van der Waals surface area (Å²) < 4.78 is 37.2. The van der Waals surface area contributed by atoms with E-state index in [2.05, 4.69) is 21.2 Å². The molecule has 0 spiro atoms. The van der Waals surface area contributed by atoms with E-state index in [4.69, 9.17) is 0 Å². The van der Waals surface area contributed by atoms with Crippen LogP contribution in [0, 0.1) is 0 Å². The zero-order valence-electron chi connectivity index (χ0n) is 9.35. The predicted molar refractivity (Wildman–Crippen MR) is 63.9 cm³/mol. The highest BCUT2D eigenvalue weighted by Gasteiger charge is 2.46. The molecule has 1 aromatic carbocycles. The molecule has 2 rings (SSSR count). The molecule has 2 nitrogen and oxygen atoms in total. The molecule has 0 aromatic heterocycles. The lowest BCUT2D eigenvalue weighted by Gasteiger charge is -2.18. The molecular formula is C12H11BrF3NO. The first-order valence-corrected chi connectivity index (χ1v) is 6.24. The van der Waals surface area contributed by atoms with Crippen molar-refractivity contribution in [1.29, 1.82) is 0 Å². The van der Waals surface area contributed by atoms with Crippen LogP contribution in [0.2, 0.25) is 0 Å².